The number of benzene rings is 1. The van der Waals surface area contributed by atoms with Gasteiger partial charge in [0.15, 0.2) is 0 Å². The third kappa shape index (κ3) is 4.41. The molecule has 7 heteroatoms. The number of anilines is 2. The van der Waals surface area contributed by atoms with E-state index in [-0.39, 0.29) is 17.4 Å². The lowest BCUT2D eigenvalue weighted by Gasteiger charge is -2.36. The Morgan fingerprint density at radius 1 is 1.08 bits per heavy atom. The van der Waals surface area contributed by atoms with Gasteiger partial charge in [0.05, 0.1) is 5.38 Å². The predicted octanol–water partition coefficient (Wildman–Crippen LogP) is 3.09. The van der Waals surface area contributed by atoms with Crippen LogP contribution in [0.2, 0.25) is 0 Å². The van der Waals surface area contributed by atoms with Crippen LogP contribution in [0.1, 0.15) is 27.2 Å². The van der Waals surface area contributed by atoms with Crippen LogP contribution in [0.5, 0.6) is 0 Å². The number of piperazine rings is 1. The molecule has 2 heterocycles. The lowest BCUT2D eigenvalue weighted by Crippen LogP contribution is -2.50. The molecule has 142 valence electrons. The number of alkyl halides is 1. The molecular weight excluding hydrogens is 354 g/mol. The van der Waals surface area contributed by atoms with Crippen molar-refractivity contribution in [1.29, 1.82) is 0 Å². The Balaban J connectivity index is 1.57. The monoisotopic (exact) mass is 379 g/mol. The van der Waals surface area contributed by atoms with Gasteiger partial charge in [0.2, 0.25) is 5.91 Å². The minimum Gasteiger partial charge on any atom is -0.444 e. The number of amides is 2. The Hall–Kier alpha value is -1.95. The van der Waals surface area contributed by atoms with E-state index in [0.29, 0.717) is 26.1 Å². The second-order valence-electron chi connectivity index (χ2n) is 7.78. The molecule has 1 aromatic rings. The lowest BCUT2D eigenvalue weighted by atomic mass is 10.2. The molecule has 2 amide bonds. The summed E-state index contributed by atoms with van der Waals surface area (Å²) in [5.74, 6) is 0.0729. The van der Waals surface area contributed by atoms with Crippen LogP contribution in [0.4, 0.5) is 16.2 Å². The topological polar surface area (TPSA) is 53.1 Å². The highest BCUT2D eigenvalue weighted by atomic mass is 35.5. The number of ether oxygens (including phenoxy) is 1. The van der Waals surface area contributed by atoms with E-state index in [1.54, 1.807) is 9.80 Å². The van der Waals surface area contributed by atoms with Gasteiger partial charge in [-0.1, -0.05) is 0 Å². The van der Waals surface area contributed by atoms with Crippen molar-refractivity contribution in [3.63, 3.8) is 0 Å². The summed E-state index contributed by atoms with van der Waals surface area (Å²) >= 11 is 6.07. The van der Waals surface area contributed by atoms with Crippen LogP contribution in [-0.2, 0) is 9.53 Å². The van der Waals surface area contributed by atoms with Crippen molar-refractivity contribution < 1.29 is 14.3 Å². The third-order valence-corrected chi connectivity index (χ3v) is 4.83. The Labute approximate surface area is 159 Å². The maximum absolute atomic E-state index is 12.1. The highest BCUT2D eigenvalue weighted by molar-refractivity contribution is 6.24. The number of rotatable bonds is 2. The van der Waals surface area contributed by atoms with Crippen molar-refractivity contribution in [1.82, 2.24) is 4.90 Å². The Bertz CT molecular complexity index is 664. The van der Waals surface area contributed by atoms with Gasteiger partial charge < -0.3 is 19.4 Å². The van der Waals surface area contributed by atoms with Crippen LogP contribution < -0.4 is 9.80 Å². The molecule has 2 aliphatic heterocycles. The molecule has 0 aromatic heterocycles. The van der Waals surface area contributed by atoms with Crippen LogP contribution in [0, 0.1) is 0 Å². The standard InChI is InChI=1S/C19H26ClN3O3/c1-19(2,3)26-18(25)22-10-8-21(9-11-22)15-4-6-16(7-5-15)23-13-14(20)12-17(23)24/h4-7,14H,8-13H2,1-3H3. The van der Waals surface area contributed by atoms with Crippen LogP contribution >= 0.6 is 11.6 Å². The first-order valence-electron chi connectivity index (χ1n) is 9.00. The average Bonchev–Trinajstić information content (AvgIpc) is 2.92. The van der Waals surface area contributed by atoms with E-state index < -0.39 is 5.60 Å². The predicted molar refractivity (Wildman–Crippen MR) is 103 cm³/mol. The summed E-state index contributed by atoms with van der Waals surface area (Å²) in [5, 5.41) is -0.108. The first-order chi connectivity index (χ1) is 12.2. The number of halogens is 1. The maximum Gasteiger partial charge on any atom is 0.410 e. The van der Waals surface area contributed by atoms with E-state index in [2.05, 4.69) is 4.90 Å². The summed E-state index contributed by atoms with van der Waals surface area (Å²) in [6, 6.07) is 7.96. The van der Waals surface area contributed by atoms with Gasteiger partial charge in [-0.2, -0.15) is 0 Å². The zero-order chi connectivity index (χ0) is 18.9. The van der Waals surface area contributed by atoms with E-state index in [1.807, 2.05) is 45.0 Å². The van der Waals surface area contributed by atoms with Gasteiger partial charge in [-0.3, -0.25) is 4.79 Å². The first kappa shape index (κ1) is 18.8. The minimum absolute atomic E-state index is 0.0729. The SMILES string of the molecule is CC(C)(C)OC(=O)N1CCN(c2ccc(N3CC(Cl)CC3=O)cc2)CC1. The molecule has 26 heavy (non-hydrogen) atoms. The molecule has 2 fully saturated rings. The van der Waals surface area contributed by atoms with Crippen LogP contribution in [-0.4, -0.2) is 60.6 Å². The van der Waals surface area contributed by atoms with Crippen molar-refractivity contribution in [2.45, 2.75) is 38.2 Å². The van der Waals surface area contributed by atoms with Crippen molar-refractivity contribution in [2.75, 3.05) is 42.5 Å². The van der Waals surface area contributed by atoms with Gasteiger partial charge in [0.1, 0.15) is 5.60 Å². The fourth-order valence-electron chi connectivity index (χ4n) is 3.23. The summed E-state index contributed by atoms with van der Waals surface area (Å²) in [6.45, 7) is 8.97. The fourth-order valence-corrected chi connectivity index (χ4v) is 3.50. The van der Waals surface area contributed by atoms with Crippen LogP contribution in [0.25, 0.3) is 0 Å². The van der Waals surface area contributed by atoms with E-state index in [9.17, 15) is 9.59 Å². The van der Waals surface area contributed by atoms with Crippen LogP contribution in [0.15, 0.2) is 24.3 Å². The molecule has 6 nitrogen and oxygen atoms in total. The van der Waals surface area contributed by atoms with E-state index in [4.69, 9.17) is 16.3 Å². The highest BCUT2D eigenvalue weighted by Crippen LogP contribution is 2.27. The number of carbonyl (C=O) groups excluding carboxylic acids is 2. The van der Waals surface area contributed by atoms with E-state index in [0.717, 1.165) is 24.5 Å². The fraction of sp³-hybridized carbons (Fsp3) is 0.579. The number of hydrogen-bond donors (Lipinski definition) is 0. The Kier molecular flexibility index (Phi) is 5.32. The molecule has 2 saturated heterocycles. The van der Waals surface area contributed by atoms with Crippen LogP contribution in [0.3, 0.4) is 0 Å². The summed E-state index contributed by atoms with van der Waals surface area (Å²) in [6.07, 6.45) is 0.145. The Morgan fingerprint density at radius 2 is 1.65 bits per heavy atom. The van der Waals surface area contributed by atoms with Crippen molar-refractivity contribution in [3.05, 3.63) is 24.3 Å². The largest absolute Gasteiger partial charge is 0.444 e. The van der Waals surface area contributed by atoms with Gasteiger partial charge >= 0.3 is 6.09 Å². The molecule has 0 saturated carbocycles. The highest BCUT2D eigenvalue weighted by Gasteiger charge is 2.29. The molecular formula is C19H26ClN3O3. The minimum atomic E-state index is -0.473. The second kappa shape index (κ2) is 7.35. The van der Waals surface area contributed by atoms with E-state index in [1.165, 1.54) is 0 Å². The van der Waals surface area contributed by atoms with Gasteiger partial charge in [-0.25, -0.2) is 4.79 Å². The lowest BCUT2D eigenvalue weighted by molar-refractivity contribution is -0.117. The molecule has 3 rings (SSSR count). The molecule has 0 aliphatic carbocycles. The molecule has 0 radical (unpaired) electrons. The second-order valence-corrected chi connectivity index (χ2v) is 8.39. The maximum atomic E-state index is 12.1. The van der Waals surface area contributed by atoms with Crippen molar-refractivity contribution in [2.24, 2.45) is 0 Å². The molecule has 0 spiro atoms. The zero-order valence-corrected chi connectivity index (χ0v) is 16.3. The molecule has 1 unspecified atom stereocenters. The smallest absolute Gasteiger partial charge is 0.410 e. The van der Waals surface area contributed by atoms with Gasteiger partial charge in [-0.05, 0) is 45.0 Å². The summed E-state index contributed by atoms with van der Waals surface area (Å²) in [4.78, 5) is 29.8. The normalized spacial score (nSPS) is 21.3. The third-order valence-electron chi connectivity index (χ3n) is 4.54. The molecule has 1 aromatic carbocycles. The zero-order valence-electron chi connectivity index (χ0n) is 15.6. The molecule has 2 aliphatic rings. The Morgan fingerprint density at radius 3 is 2.15 bits per heavy atom. The molecule has 0 bridgehead atoms. The van der Waals surface area contributed by atoms with Gasteiger partial charge in [0, 0.05) is 50.5 Å². The number of hydrogen-bond acceptors (Lipinski definition) is 4. The summed E-state index contributed by atoms with van der Waals surface area (Å²) in [5.41, 5.74) is 1.50. The van der Waals surface area contributed by atoms with Crippen molar-refractivity contribution >= 4 is 35.0 Å². The van der Waals surface area contributed by atoms with Gasteiger partial charge in [-0.15, -0.1) is 11.6 Å². The van der Waals surface area contributed by atoms with Crippen molar-refractivity contribution in [3.8, 4) is 0 Å². The quantitative estimate of drug-likeness (QED) is 0.741. The van der Waals surface area contributed by atoms with E-state index >= 15 is 0 Å². The summed E-state index contributed by atoms with van der Waals surface area (Å²) < 4.78 is 5.43. The molecule has 1 atom stereocenters. The summed E-state index contributed by atoms with van der Waals surface area (Å²) in [7, 11) is 0. The number of nitrogens with zero attached hydrogens (tertiary/aromatic N) is 3. The average molecular weight is 380 g/mol. The van der Waals surface area contributed by atoms with Gasteiger partial charge in [0.25, 0.3) is 0 Å². The first-order valence-corrected chi connectivity index (χ1v) is 9.44. The number of carbonyl (C=O) groups is 2. The molecule has 0 N–H and O–H groups in total.